The van der Waals surface area contributed by atoms with Crippen LogP contribution in [0, 0.1) is 0 Å². The molecule has 0 bridgehead atoms. The van der Waals surface area contributed by atoms with Gasteiger partial charge in [-0.2, -0.15) is 13.2 Å². The number of rotatable bonds is 2. The Hall–Kier alpha value is -1.38. The molecular formula is C9H10ClF3N2O3. The normalized spacial score (nSPS) is 13.1. The molecule has 1 aromatic heterocycles. The van der Waals surface area contributed by atoms with E-state index in [9.17, 15) is 13.2 Å². The first-order chi connectivity index (χ1) is 7.70. The molecule has 0 aliphatic heterocycles. The summed E-state index contributed by atoms with van der Waals surface area (Å²) in [7, 11) is 0. The lowest BCUT2D eigenvalue weighted by Crippen LogP contribution is -2.42. The third-order valence-corrected chi connectivity index (χ3v) is 2.08. The van der Waals surface area contributed by atoms with Gasteiger partial charge in [0.2, 0.25) is 0 Å². The largest absolute Gasteiger partial charge is 0.447 e. The Morgan fingerprint density at radius 1 is 1.33 bits per heavy atom. The molecule has 5 nitrogen and oxygen atoms in total. The number of hydrogen-bond donors (Lipinski definition) is 3. The van der Waals surface area contributed by atoms with Gasteiger partial charge < -0.3 is 15.4 Å². The lowest BCUT2D eigenvalue weighted by molar-refractivity contribution is -0.358. The molecule has 18 heavy (non-hydrogen) atoms. The van der Waals surface area contributed by atoms with E-state index in [1.165, 1.54) is 6.92 Å². The summed E-state index contributed by atoms with van der Waals surface area (Å²) in [4.78, 5) is 3.63. The van der Waals surface area contributed by atoms with E-state index in [0.717, 1.165) is 18.3 Å². The molecule has 1 rings (SSSR count). The van der Waals surface area contributed by atoms with E-state index in [-0.39, 0.29) is 23.8 Å². The number of pyridine rings is 1. The van der Waals surface area contributed by atoms with Crippen LogP contribution in [0.1, 0.15) is 18.2 Å². The molecular weight excluding hydrogens is 277 g/mol. The number of hydrogen-bond acceptors (Lipinski definition) is 5. The quantitative estimate of drug-likeness (QED) is 0.332. The van der Waals surface area contributed by atoms with Gasteiger partial charge in [-0.15, -0.1) is 12.4 Å². The number of halogens is 4. The number of aliphatic hydroxyl groups is 2. The maximum Gasteiger partial charge on any atom is 0.447 e. The molecule has 3 N–H and O–H groups in total. The topological polar surface area (TPSA) is 85.9 Å². The van der Waals surface area contributed by atoms with Gasteiger partial charge in [-0.05, 0) is 19.1 Å². The van der Waals surface area contributed by atoms with Crippen LogP contribution in [0.4, 0.5) is 13.2 Å². The molecule has 0 fully saturated rings. The van der Waals surface area contributed by atoms with E-state index in [1.807, 2.05) is 0 Å². The van der Waals surface area contributed by atoms with E-state index in [4.69, 9.17) is 15.4 Å². The summed E-state index contributed by atoms with van der Waals surface area (Å²) in [5, 5.41) is 29.2. The van der Waals surface area contributed by atoms with Crippen molar-refractivity contribution in [2.75, 3.05) is 0 Å². The minimum Gasteiger partial charge on any atom is -0.411 e. The minimum absolute atomic E-state index is 0. The van der Waals surface area contributed by atoms with Crippen LogP contribution in [0.3, 0.4) is 0 Å². The molecule has 0 spiro atoms. The number of aromatic nitrogens is 1. The van der Waals surface area contributed by atoms with Crippen molar-refractivity contribution in [2.24, 2.45) is 5.16 Å². The molecule has 1 heterocycles. The second-order valence-corrected chi connectivity index (χ2v) is 3.29. The zero-order valence-corrected chi connectivity index (χ0v) is 9.83. The third-order valence-electron chi connectivity index (χ3n) is 2.08. The van der Waals surface area contributed by atoms with Crippen molar-refractivity contribution in [3.8, 4) is 0 Å². The molecule has 0 aliphatic rings. The van der Waals surface area contributed by atoms with Crippen molar-refractivity contribution in [1.82, 2.24) is 4.98 Å². The van der Waals surface area contributed by atoms with Crippen molar-refractivity contribution >= 4 is 18.1 Å². The standard InChI is InChI=1S/C9H9F3N2O3.ClH/c1-5(14-17)7-4-6(2-3-13-7)8(15,16)9(10,11)12;/h2-4,15-17H,1H3;1H/b14-5+;. The summed E-state index contributed by atoms with van der Waals surface area (Å²) in [5.41, 5.74) is -0.954. The average molecular weight is 287 g/mol. The lowest BCUT2D eigenvalue weighted by Gasteiger charge is -2.24. The van der Waals surface area contributed by atoms with E-state index >= 15 is 0 Å². The van der Waals surface area contributed by atoms with Gasteiger partial charge in [-0.1, -0.05) is 5.16 Å². The van der Waals surface area contributed by atoms with Gasteiger partial charge in [-0.3, -0.25) is 4.98 Å². The fraction of sp³-hybridized carbons (Fsp3) is 0.333. The molecule has 0 radical (unpaired) electrons. The number of alkyl halides is 3. The van der Waals surface area contributed by atoms with Gasteiger partial charge in [0.25, 0.3) is 5.79 Å². The van der Waals surface area contributed by atoms with Crippen LogP contribution >= 0.6 is 12.4 Å². The van der Waals surface area contributed by atoms with Gasteiger partial charge in [0.15, 0.2) is 0 Å². The first-order valence-corrected chi connectivity index (χ1v) is 4.37. The van der Waals surface area contributed by atoms with Crippen LogP contribution in [0.2, 0.25) is 0 Å². The third kappa shape index (κ3) is 3.09. The van der Waals surface area contributed by atoms with E-state index in [2.05, 4.69) is 10.1 Å². The van der Waals surface area contributed by atoms with Crippen LogP contribution in [0.25, 0.3) is 0 Å². The van der Waals surface area contributed by atoms with Crippen LogP contribution < -0.4 is 0 Å². The molecule has 0 saturated heterocycles. The van der Waals surface area contributed by atoms with Crippen molar-refractivity contribution in [3.05, 3.63) is 29.6 Å². The molecule has 102 valence electrons. The fourth-order valence-corrected chi connectivity index (χ4v) is 1.06. The molecule has 0 aliphatic carbocycles. The maximum absolute atomic E-state index is 12.3. The van der Waals surface area contributed by atoms with Gasteiger partial charge >= 0.3 is 6.18 Å². The van der Waals surface area contributed by atoms with Gasteiger partial charge in [0.05, 0.1) is 5.69 Å². The second-order valence-electron chi connectivity index (χ2n) is 3.29. The summed E-state index contributed by atoms with van der Waals surface area (Å²) in [6.45, 7) is 1.30. The van der Waals surface area contributed by atoms with Crippen LogP contribution in [0.15, 0.2) is 23.5 Å². The Kier molecular flexibility index (Phi) is 5.09. The Morgan fingerprint density at radius 2 is 1.89 bits per heavy atom. The summed E-state index contributed by atoms with van der Waals surface area (Å²) in [6, 6.07) is 1.59. The lowest BCUT2D eigenvalue weighted by atomic mass is 10.1. The average Bonchev–Trinajstić information content (AvgIpc) is 2.26. The molecule has 0 atom stereocenters. The predicted octanol–water partition coefficient (Wildman–Crippen LogP) is 1.40. The first kappa shape index (κ1) is 16.6. The van der Waals surface area contributed by atoms with Crippen LogP contribution in [-0.2, 0) is 5.79 Å². The zero-order chi connectivity index (χ0) is 13.3. The molecule has 0 aromatic carbocycles. The number of oxime groups is 1. The monoisotopic (exact) mass is 286 g/mol. The van der Waals surface area contributed by atoms with Crippen LogP contribution in [-0.4, -0.2) is 32.3 Å². The highest BCUT2D eigenvalue weighted by Crippen LogP contribution is 2.36. The zero-order valence-electron chi connectivity index (χ0n) is 9.01. The first-order valence-electron chi connectivity index (χ1n) is 4.37. The molecule has 0 unspecified atom stereocenters. The minimum atomic E-state index is -5.24. The highest BCUT2D eigenvalue weighted by molar-refractivity contribution is 5.96. The van der Waals surface area contributed by atoms with Crippen molar-refractivity contribution < 1.29 is 28.6 Å². The Labute approximate surface area is 106 Å². The smallest absolute Gasteiger partial charge is 0.411 e. The SMILES string of the molecule is C/C(=N\O)c1cc(C(O)(O)C(F)(F)F)ccn1.Cl. The maximum atomic E-state index is 12.3. The molecule has 0 amide bonds. The fourth-order valence-electron chi connectivity index (χ4n) is 1.06. The predicted molar refractivity (Wildman–Crippen MR) is 57.7 cm³/mol. The Bertz CT molecular complexity index is 449. The van der Waals surface area contributed by atoms with E-state index in [0.29, 0.717) is 0 Å². The van der Waals surface area contributed by atoms with Gasteiger partial charge in [0.1, 0.15) is 5.71 Å². The summed E-state index contributed by atoms with van der Waals surface area (Å²) >= 11 is 0. The Morgan fingerprint density at radius 3 is 2.33 bits per heavy atom. The van der Waals surface area contributed by atoms with Gasteiger partial charge in [0, 0.05) is 11.8 Å². The van der Waals surface area contributed by atoms with Crippen LogP contribution in [0.5, 0.6) is 0 Å². The second kappa shape index (κ2) is 5.51. The summed E-state index contributed by atoms with van der Waals surface area (Å²) in [5.74, 6) is -3.97. The highest BCUT2D eigenvalue weighted by atomic mass is 35.5. The summed E-state index contributed by atoms with van der Waals surface area (Å²) in [6.07, 6.45) is -4.29. The van der Waals surface area contributed by atoms with E-state index < -0.39 is 17.5 Å². The van der Waals surface area contributed by atoms with Crippen molar-refractivity contribution in [1.29, 1.82) is 0 Å². The molecule has 9 heteroatoms. The highest BCUT2D eigenvalue weighted by Gasteiger charge is 2.54. The Balaban J connectivity index is 0.00000289. The van der Waals surface area contributed by atoms with Gasteiger partial charge in [-0.25, -0.2) is 0 Å². The molecule has 1 aromatic rings. The van der Waals surface area contributed by atoms with Crippen molar-refractivity contribution in [2.45, 2.75) is 18.9 Å². The molecule has 0 saturated carbocycles. The number of nitrogens with zero attached hydrogens (tertiary/aromatic N) is 2. The summed E-state index contributed by atoms with van der Waals surface area (Å²) < 4.78 is 37.0. The van der Waals surface area contributed by atoms with Crippen molar-refractivity contribution in [3.63, 3.8) is 0 Å². The van der Waals surface area contributed by atoms with E-state index in [1.54, 1.807) is 0 Å².